The summed E-state index contributed by atoms with van der Waals surface area (Å²) in [5, 5.41) is 0. The van der Waals surface area contributed by atoms with E-state index in [0.717, 1.165) is 42.8 Å². The van der Waals surface area contributed by atoms with Gasteiger partial charge < -0.3 is 24.0 Å². The molecule has 2 aromatic carbocycles. The molecule has 1 amide bonds. The van der Waals surface area contributed by atoms with Crippen molar-refractivity contribution in [1.29, 1.82) is 0 Å². The van der Waals surface area contributed by atoms with Gasteiger partial charge in [0.15, 0.2) is 11.5 Å². The van der Waals surface area contributed by atoms with Gasteiger partial charge in [0.1, 0.15) is 5.75 Å². The third-order valence-electron chi connectivity index (χ3n) is 5.62. The molecule has 31 heavy (non-hydrogen) atoms. The van der Waals surface area contributed by atoms with Gasteiger partial charge in [0.25, 0.3) is 0 Å². The first-order valence-electron chi connectivity index (χ1n) is 10.6. The highest BCUT2D eigenvalue weighted by Gasteiger charge is 2.19. The quantitative estimate of drug-likeness (QED) is 0.583. The lowest BCUT2D eigenvalue weighted by atomic mass is 10.0. The van der Waals surface area contributed by atoms with Crippen LogP contribution >= 0.6 is 0 Å². The topological polar surface area (TPSA) is 51.2 Å². The van der Waals surface area contributed by atoms with Crippen LogP contribution in [0.15, 0.2) is 42.6 Å². The second-order valence-corrected chi connectivity index (χ2v) is 7.74. The van der Waals surface area contributed by atoms with E-state index in [4.69, 9.17) is 14.2 Å². The number of rotatable bonds is 10. The van der Waals surface area contributed by atoms with E-state index in [1.54, 1.807) is 21.3 Å². The van der Waals surface area contributed by atoms with Gasteiger partial charge in [-0.25, -0.2) is 0 Å². The minimum atomic E-state index is 0.100. The normalized spacial score (nSPS) is 13.2. The zero-order valence-electron chi connectivity index (χ0n) is 18.9. The van der Waals surface area contributed by atoms with Crippen LogP contribution in [0.25, 0.3) is 6.08 Å². The lowest BCUT2D eigenvalue weighted by Crippen LogP contribution is -2.30. The highest BCUT2D eigenvalue weighted by molar-refractivity contribution is 5.84. The average Bonchev–Trinajstić information content (AvgIpc) is 2.94. The molecule has 0 fully saturated rings. The first kappa shape index (κ1) is 22.7. The number of carbonyl (C=O) groups is 1. The van der Waals surface area contributed by atoms with Crippen LogP contribution in [0.4, 0.5) is 0 Å². The van der Waals surface area contributed by atoms with E-state index in [9.17, 15) is 4.79 Å². The Hall–Kier alpha value is -2.99. The number of nitrogens with zero attached hydrogens (tertiary/aromatic N) is 2. The summed E-state index contributed by atoms with van der Waals surface area (Å²) >= 11 is 0. The summed E-state index contributed by atoms with van der Waals surface area (Å²) in [7, 11) is 7.03. The van der Waals surface area contributed by atoms with Gasteiger partial charge in [-0.15, -0.1) is 0 Å². The molecule has 6 nitrogen and oxygen atoms in total. The van der Waals surface area contributed by atoms with E-state index < -0.39 is 0 Å². The van der Waals surface area contributed by atoms with Crippen LogP contribution in [0.5, 0.6) is 17.2 Å². The maximum Gasteiger partial charge on any atom is 0.230 e. The van der Waals surface area contributed by atoms with Crippen molar-refractivity contribution in [3.8, 4) is 17.2 Å². The predicted molar refractivity (Wildman–Crippen MR) is 123 cm³/mol. The maximum absolute atomic E-state index is 12.7. The number of methoxy groups -OCH3 is 3. The predicted octanol–water partition coefficient (Wildman–Crippen LogP) is 3.63. The molecule has 1 heterocycles. The molecule has 0 unspecified atom stereocenters. The number of benzene rings is 2. The molecule has 0 radical (unpaired) electrons. The fourth-order valence-corrected chi connectivity index (χ4v) is 3.70. The highest BCUT2D eigenvalue weighted by Crippen LogP contribution is 2.32. The summed E-state index contributed by atoms with van der Waals surface area (Å²) in [5.74, 6) is 2.30. The first-order valence-corrected chi connectivity index (χ1v) is 10.6. The maximum atomic E-state index is 12.7. The molecule has 0 aromatic heterocycles. The van der Waals surface area contributed by atoms with Crippen molar-refractivity contribution in [3.05, 3.63) is 59.3 Å². The van der Waals surface area contributed by atoms with Crippen molar-refractivity contribution >= 4 is 12.0 Å². The van der Waals surface area contributed by atoms with Gasteiger partial charge in [-0.05, 0) is 73.5 Å². The third-order valence-corrected chi connectivity index (χ3v) is 5.62. The number of hydrogen-bond donors (Lipinski definition) is 0. The van der Waals surface area contributed by atoms with Crippen molar-refractivity contribution in [1.82, 2.24) is 9.80 Å². The molecule has 0 N–H and O–H groups in total. The third kappa shape index (κ3) is 6.01. The van der Waals surface area contributed by atoms with E-state index >= 15 is 0 Å². The Morgan fingerprint density at radius 1 is 0.968 bits per heavy atom. The molecular formula is C25H32N2O4. The molecule has 166 valence electrons. The minimum absolute atomic E-state index is 0.100. The Bertz CT molecular complexity index is 908. The fourth-order valence-electron chi connectivity index (χ4n) is 3.70. The Balaban J connectivity index is 1.49. The van der Waals surface area contributed by atoms with Crippen LogP contribution in [0.3, 0.4) is 0 Å². The summed E-state index contributed by atoms with van der Waals surface area (Å²) in [6, 6.07) is 12.0. The van der Waals surface area contributed by atoms with Crippen LogP contribution in [-0.2, 0) is 17.6 Å². The number of fused-ring (bicyclic) bond motifs is 1. The Morgan fingerprint density at radius 2 is 1.68 bits per heavy atom. The second kappa shape index (κ2) is 10.9. The molecule has 0 atom stereocenters. The van der Waals surface area contributed by atoms with Gasteiger partial charge in [-0.3, -0.25) is 4.79 Å². The van der Waals surface area contributed by atoms with Crippen molar-refractivity contribution in [3.63, 3.8) is 0 Å². The lowest BCUT2D eigenvalue weighted by Gasteiger charge is -2.20. The molecule has 0 spiro atoms. The summed E-state index contributed by atoms with van der Waals surface area (Å²) < 4.78 is 16.0. The van der Waals surface area contributed by atoms with E-state index in [2.05, 4.69) is 24.1 Å². The van der Waals surface area contributed by atoms with Crippen molar-refractivity contribution in [2.45, 2.75) is 19.3 Å². The van der Waals surface area contributed by atoms with Crippen LogP contribution in [0.2, 0.25) is 0 Å². The zero-order valence-corrected chi connectivity index (χ0v) is 18.9. The van der Waals surface area contributed by atoms with Crippen molar-refractivity contribution in [2.24, 2.45) is 0 Å². The van der Waals surface area contributed by atoms with E-state index in [1.807, 2.05) is 41.4 Å². The lowest BCUT2D eigenvalue weighted by molar-refractivity contribution is -0.127. The van der Waals surface area contributed by atoms with Gasteiger partial charge in [-0.1, -0.05) is 12.1 Å². The van der Waals surface area contributed by atoms with Crippen LogP contribution in [-0.4, -0.2) is 63.7 Å². The van der Waals surface area contributed by atoms with E-state index in [0.29, 0.717) is 24.5 Å². The SMILES string of the molecule is COc1ccc(CCN(C)CCCN2C=Cc3cc(OC)c(OC)cc3CC2=O)cc1. The highest BCUT2D eigenvalue weighted by atomic mass is 16.5. The standard InChI is InChI=1S/C25H32N2O4/c1-26(14-10-19-6-8-22(29-2)9-7-19)12-5-13-27-15-11-20-16-23(30-3)24(31-4)17-21(20)18-25(27)28/h6-9,11,15-17H,5,10,12-14,18H2,1-4H3. The monoisotopic (exact) mass is 424 g/mol. The summed E-state index contributed by atoms with van der Waals surface area (Å²) in [6.45, 7) is 2.61. The van der Waals surface area contributed by atoms with Crippen LogP contribution in [0, 0.1) is 0 Å². The molecule has 1 aliphatic heterocycles. The number of likely N-dealkylation sites (N-methyl/N-ethyl adjacent to an activating group) is 1. The molecule has 0 bridgehead atoms. The molecule has 3 rings (SSSR count). The van der Waals surface area contributed by atoms with E-state index in [1.165, 1.54) is 5.56 Å². The molecule has 2 aromatic rings. The molecule has 6 heteroatoms. The number of ether oxygens (including phenoxy) is 3. The van der Waals surface area contributed by atoms with Gasteiger partial charge >= 0.3 is 0 Å². The summed E-state index contributed by atoms with van der Waals surface area (Å²) in [5.41, 5.74) is 3.24. The van der Waals surface area contributed by atoms with Gasteiger partial charge in [0.2, 0.25) is 5.91 Å². The Kier molecular flexibility index (Phi) is 7.95. The second-order valence-electron chi connectivity index (χ2n) is 7.74. The molecule has 0 saturated carbocycles. The minimum Gasteiger partial charge on any atom is -0.497 e. The Labute approximate surface area is 185 Å². The summed E-state index contributed by atoms with van der Waals surface area (Å²) in [6.07, 6.45) is 6.13. The number of carbonyl (C=O) groups excluding carboxylic acids is 1. The Morgan fingerprint density at radius 3 is 2.35 bits per heavy atom. The van der Waals surface area contributed by atoms with Crippen molar-refractivity contribution in [2.75, 3.05) is 48.0 Å². The fraction of sp³-hybridized carbons (Fsp3) is 0.400. The first-order chi connectivity index (χ1) is 15.0. The molecule has 1 aliphatic rings. The zero-order chi connectivity index (χ0) is 22.2. The van der Waals surface area contributed by atoms with Crippen LogP contribution < -0.4 is 14.2 Å². The van der Waals surface area contributed by atoms with Crippen molar-refractivity contribution < 1.29 is 19.0 Å². The number of amides is 1. The smallest absolute Gasteiger partial charge is 0.230 e. The van der Waals surface area contributed by atoms with Gasteiger partial charge in [-0.2, -0.15) is 0 Å². The summed E-state index contributed by atoms with van der Waals surface area (Å²) in [4.78, 5) is 16.9. The molecular weight excluding hydrogens is 392 g/mol. The van der Waals surface area contributed by atoms with E-state index in [-0.39, 0.29) is 5.91 Å². The number of hydrogen-bond acceptors (Lipinski definition) is 5. The largest absolute Gasteiger partial charge is 0.497 e. The average molecular weight is 425 g/mol. The van der Waals surface area contributed by atoms with Crippen LogP contribution in [0.1, 0.15) is 23.1 Å². The van der Waals surface area contributed by atoms with Gasteiger partial charge in [0, 0.05) is 19.3 Å². The molecule has 0 saturated heterocycles. The molecule has 0 aliphatic carbocycles. The van der Waals surface area contributed by atoms with Gasteiger partial charge in [0.05, 0.1) is 27.8 Å².